The molecule has 1 N–H and O–H groups in total. The second kappa shape index (κ2) is 19.4. The van der Waals surface area contributed by atoms with E-state index in [1.54, 1.807) is 60.8 Å². The predicted molar refractivity (Wildman–Crippen MR) is 189 cm³/mol. The Bertz CT molecular complexity index is 1610. The molecule has 2 aliphatic rings. The maximum Gasteiger partial charge on any atom is 0.248 e. The second-order valence-electron chi connectivity index (χ2n) is 10.8. The van der Waals surface area contributed by atoms with Gasteiger partial charge in [-0.25, -0.2) is 4.39 Å². The Labute approximate surface area is 288 Å². The number of rotatable bonds is 5. The molecular weight excluding hydrogens is 633 g/mol. The smallest absolute Gasteiger partial charge is 0.248 e. The van der Waals surface area contributed by atoms with Crippen molar-refractivity contribution < 1.29 is 23.5 Å². The van der Waals surface area contributed by atoms with Crippen molar-refractivity contribution in [2.45, 2.75) is 46.2 Å². The minimum Gasteiger partial charge on any atom is -0.369 e. The molecule has 2 aliphatic heterocycles. The molecular formula is C37H45ClFN5O4. The number of benzene rings is 2. The van der Waals surface area contributed by atoms with E-state index in [0.29, 0.717) is 18.2 Å². The molecule has 0 spiro atoms. The van der Waals surface area contributed by atoms with Crippen molar-refractivity contribution in [3.63, 3.8) is 0 Å². The molecule has 256 valence electrons. The molecule has 0 aliphatic carbocycles. The molecule has 9 nitrogen and oxygen atoms in total. The summed E-state index contributed by atoms with van der Waals surface area (Å²) in [6.07, 6.45) is 8.15. The van der Waals surface area contributed by atoms with E-state index >= 15 is 0 Å². The zero-order valence-electron chi connectivity index (χ0n) is 28.5. The highest BCUT2D eigenvalue weighted by Gasteiger charge is 2.30. The Hall–Kier alpha value is -4.38. The molecule has 11 heteroatoms. The van der Waals surface area contributed by atoms with Crippen LogP contribution in [0.25, 0.3) is 11.1 Å². The van der Waals surface area contributed by atoms with Crippen LogP contribution in [0, 0.1) is 5.82 Å². The summed E-state index contributed by atoms with van der Waals surface area (Å²) in [5.41, 5.74) is 5.40. The van der Waals surface area contributed by atoms with Crippen LogP contribution < -0.4 is 5.32 Å². The number of nitrogens with one attached hydrogen (secondary N) is 1. The molecule has 4 heterocycles. The van der Waals surface area contributed by atoms with Gasteiger partial charge in [-0.05, 0) is 53.6 Å². The van der Waals surface area contributed by atoms with Crippen LogP contribution >= 0.6 is 11.6 Å². The van der Waals surface area contributed by atoms with Gasteiger partial charge in [0.25, 0.3) is 0 Å². The Morgan fingerprint density at radius 3 is 1.96 bits per heavy atom. The molecule has 2 fully saturated rings. The lowest BCUT2D eigenvalue weighted by Crippen LogP contribution is -2.41. The molecule has 2 aromatic heterocycles. The van der Waals surface area contributed by atoms with E-state index in [-0.39, 0.29) is 42.9 Å². The number of carbonyl (C=O) groups is 2. The average Bonchev–Trinajstić information content (AvgIpc) is 3.10. The highest BCUT2D eigenvalue weighted by atomic mass is 35.5. The van der Waals surface area contributed by atoms with Gasteiger partial charge in [-0.15, -0.1) is 0 Å². The van der Waals surface area contributed by atoms with Crippen molar-refractivity contribution >= 4 is 34.8 Å². The van der Waals surface area contributed by atoms with Gasteiger partial charge in [-0.3, -0.25) is 19.6 Å². The molecule has 4 aromatic rings. The van der Waals surface area contributed by atoms with Crippen LogP contribution in [0.2, 0.25) is 5.02 Å². The number of hydrogen-bond acceptors (Lipinski definition) is 7. The summed E-state index contributed by atoms with van der Waals surface area (Å²) >= 11 is 6.02. The summed E-state index contributed by atoms with van der Waals surface area (Å²) < 4.78 is 23.8. The average molecular weight is 678 g/mol. The van der Waals surface area contributed by atoms with Crippen molar-refractivity contribution in [1.29, 1.82) is 0 Å². The number of pyridine rings is 2. The third-order valence-electron chi connectivity index (χ3n) is 7.40. The molecule has 48 heavy (non-hydrogen) atoms. The number of likely N-dealkylation sites (N-methyl/N-ethyl adjacent to an activating group) is 2. The zero-order chi connectivity index (χ0) is 35.1. The van der Waals surface area contributed by atoms with Gasteiger partial charge in [-0.1, -0.05) is 63.9 Å². The molecule has 2 atom stereocenters. The third kappa shape index (κ3) is 10.3. The Kier molecular flexibility index (Phi) is 15.4. The number of carbonyl (C=O) groups excluding carboxylic acids is 2. The summed E-state index contributed by atoms with van der Waals surface area (Å²) in [5, 5.41) is 3.99. The molecule has 0 saturated carbocycles. The Morgan fingerprint density at radius 1 is 0.833 bits per heavy atom. The van der Waals surface area contributed by atoms with Crippen LogP contribution in [0.15, 0.2) is 85.5 Å². The molecule has 0 bridgehead atoms. The number of hydrogen-bond donors (Lipinski definition) is 1. The first-order valence-corrected chi connectivity index (χ1v) is 16.4. The highest BCUT2D eigenvalue weighted by molar-refractivity contribution is 6.30. The van der Waals surface area contributed by atoms with E-state index in [1.807, 2.05) is 50.2 Å². The van der Waals surface area contributed by atoms with Crippen LogP contribution in [0.1, 0.15) is 57.3 Å². The van der Waals surface area contributed by atoms with Crippen LogP contribution in [0.5, 0.6) is 0 Å². The number of nitrogens with zero attached hydrogens (tertiary/aromatic N) is 4. The highest BCUT2D eigenvalue weighted by Crippen LogP contribution is 2.33. The van der Waals surface area contributed by atoms with Gasteiger partial charge >= 0.3 is 0 Å². The van der Waals surface area contributed by atoms with Gasteiger partial charge in [0, 0.05) is 66.4 Å². The van der Waals surface area contributed by atoms with Crippen LogP contribution in [-0.2, 0) is 19.1 Å². The van der Waals surface area contributed by atoms with Gasteiger partial charge < -0.3 is 24.6 Å². The second-order valence-corrected chi connectivity index (χ2v) is 11.3. The van der Waals surface area contributed by atoms with Gasteiger partial charge in [-0.2, -0.15) is 0 Å². The van der Waals surface area contributed by atoms with Crippen molar-refractivity contribution in [3.05, 3.63) is 107 Å². The van der Waals surface area contributed by atoms with Crippen molar-refractivity contribution in [2.24, 2.45) is 0 Å². The van der Waals surface area contributed by atoms with Crippen LogP contribution in [-0.4, -0.2) is 72.1 Å². The monoisotopic (exact) mass is 677 g/mol. The predicted octanol–water partition coefficient (Wildman–Crippen LogP) is 7.87. The minimum atomic E-state index is -0.275. The van der Waals surface area contributed by atoms with Gasteiger partial charge in [0.15, 0.2) is 0 Å². The number of aromatic nitrogens is 2. The van der Waals surface area contributed by atoms with Crippen molar-refractivity contribution in [3.8, 4) is 11.1 Å². The number of ether oxygens (including phenoxy) is 2. The zero-order valence-corrected chi connectivity index (χ0v) is 29.2. The topological polar surface area (TPSA) is 96.9 Å². The fourth-order valence-corrected chi connectivity index (χ4v) is 5.15. The standard InChI is InChI=1S/C16H16ClN3O2.C16H15FN2O2.C3H8.C2H6/c1-20-15(9-22-10-16(20)21)13-8-18-6-5-14(13)19-12-4-2-3-11(17)7-12;1-19-15(9-21-10-16(19)20)14-8-18-7-6-13(14)11-2-4-12(17)5-3-11;1-3-2;1-2/h2-8,15H,9-10H2,1H3,(H,18,19);2-8,15H,9-10H2,1H3;3H2,1-2H3;1-2H3. The number of morpholine rings is 2. The summed E-state index contributed by atoms with van der Waals surface area (Å²) in [7, 11) is 3.54. The number of amides is 2. The molecule has 2 amide bonds. The third-order valence-corrected chi connectivity index (χ3v) is 7.64. The van der Waals surface area contributed by atoms with E-state index in [2.05, 4.69) is 29.1 Å². The number of anilines is 2. The fraction of sp³-hybridized carbons (Fsp3) is 0.351. The van der Waals surface area contributed by atoms with Gasteiger partial charge in [0.1, 0.15) is 19.0 Å². The van der Waals surface area contributed by atoms with E-state index < -0.39 is 0 Å². The first-order chi connectivity index (χ1) is 23.2. The Morgan fingerprint density at radius 2 is 1.38 bits per heavy atom. The molecule has 0 radical (unpaired) electrons. The summed E-state index contributed by atoms with van der Waals surface area (Å²) in [4.78, 5) is 35.3. The first-order valence-electron chi connectivity index (χ1n) is 16.1. The summed E-state index contributed by atoms with van der Waals surface area (Å²) in [5.74, 6) is -0.364. The summed E-state index contributed by atoms with van der Waals surface area (Å²) in [6.45, 7) is 9.38. The number of halogens is 2. The van der Waals surface area contributed by atoms with E-state index in [0.717, 1.165) is 33.6 Å². The first kappa shape index (κ1) is 38.1. The largest absolute Gasteiger partial charge is 0.369 e. The SMILES string of the molecule is CC.CCC.CN1C(=O)COCC1c1cnccc1-c1ccc(F)cc1.CN1C(=O)COCC1c1cnccc1Nc1cccc(Cl)c1. The summed E-state index contributed by atoms with van der Waals surface area (Å²) in [6, 6.07) is 17.2. The maximum atomic E-state index is 13.1. The molecule has 2 saturated heterocycles. The van der Waals surface area contributed by atoms with E-state index in [9.17, 15) is 14.0 Å². The lowest BCUT2D eigenvalue weighted by atomic mass is 9.96. The maximum absolute atomic E-state index is 13.1. The lowest BCUT2D eigenvalue weighted by molar-refractivity contribution is -0.146. The van der Waals surface area contributed by atoms with Crippen LogP contribution in [0.3, 0.4) is 0 Å². The normalized spacial score (nSPS) is 17.2. The molecule has 2 aromatic carbocycles. The molecule has 6 rings (SSSR count). The fourth-order valence-electron chi connectivity index (χ4n) is 4.96. The minimum absolute atomic E-state index is 0.0335. The van der Waals surface area contributed by atoms with Crippen molar-refractivity contribution in [2.75, 3.05) is 45.8 Å². The van der Waals surface area contributed by atoms with Crippen molar-refractivity contribution in [1.82, 2.24) is 19.8 Å². The lowest BCUT2D eigenvalue weighted by Gasteiger charge is -2.33. The molecule has 2 unspecified atom stereocenters. The quantitative estimate of drug-likeness (QED) is 0.230. The van der Waals surface area contributed by atoms with Gasteiger partial charge in [0.2, 0.25) is 11.8 Å². The van der Waals surface area contributed by atoms with E-state index in [4.69, 9.17) is 21.1 Å². The van der Waals surface area contributed by atoms with Gasteiger partial charge in [0.05, 0.1) is 25.3 Å². The van der Waals surface area contributed by atoms with E-state index in [1.165, 1.54) is 18.6 Å². The Balaban J connectivity index is 0.000000230. The van der Waals surface area contributed by atoms with Crippen LogP contribution in [0.4, 0.5) is 15.8 Å².